The largest absolute Gasteiger partial charge is 0.307 e. The van der Waals surface area contributed by atoms with Gasteiger partial charge in [0.2, 0.25) is 0 Å². The smallest absolute Gasteiger partial charge is 0.114 e. The Hall–Kier alpha value is -0.610. The molecule has 0 spiro atoms. The quantitative estimate of drug-likeness (QED) is 0.921. The molecule has 2 rings (SSSR count). The molecule has 1 heterocycles. The molecule has 5 heteroatoms. The van der Waals surface area contributed by atoms with E-state index in [0.717, 1.165) is 10.6 Å². The lowest BCUT2D eigenvalue weighted by Gasteiger charge is -2.14. The lowest BCUT2D eigenvalue weighted by atomic mass is 10.1. The van der Waals surface area contributed by atoms with Gasteiger partial charge < -0.3 is 5.32 Å². The van der Waals surface area contributed by atoms with Gasteiger partial charge in [0.15, 0.2) is 0 Å². The van der Waals surface area contributed by atoms with Crippen LogP contribution in [0.1, 0.15) is 16.6 Å². The third kappa shape index (κ3) is 2.55. The van der Waals surface area contributed by atoms with Gasteiger partial charge in [-0.05, 0) is 30.8 Å². The maximum Gasteiger partial charge on any atom is 0.114 e. The van der Waals surface area contributed by atoms with Crippen LogP contribution in [0.3, 0.4) is 0 Å². The summed E-state index contributed by atoms with van der Waals surface area (Å²) in [5.41, 5.74) is 1.02. The molecule has 1 aromatic heterocycles. The number of nitrogens with one attached hydrogen (secondary N) is 1. The number of thiazole rings is 1. The van der Waals surface area contributed by atoms with Crippen molar-refractivity contribution in [1.29, 1.82) is 0 Å². The summed E-state index contributed by atoms with van der Waals surface area (Å²) in [4.78, 5) is 4.29. The topological polar surface area (TPSA) is 24.9 Å². The molecule has 1 unspecified atom stereocenters. The number of aromatic nitrogens is 1. The third-order valence-corrected chi connectivity index (χ3v) is 3.48. The average Bonchev–Trinajstić information content (AvgIpc) is 2.70. The van der Waals surface area contributed by atoms with Gasteiger partial charge in [0.25, 0.3) is 0 Å². The Morgan fingerprint density at radius 2 is 1.94 bits per heavy atom. The van der Waals surface area contributed by atoms with Crippen molar-refractivity contribution in [1.82, 2.24) is 10.3 Å². The van der Waals surface area contributed by atoms with Crippen molar-refractivity contribution in [3.05, 3.63) is 50.4 Å². The standard InChI is InChI=1S/C11H10Cl2N2S/c1-14-10(11-15-2-3-16-11)7-4-8(12)6-9(13)5-7/h2-6,10,14H,1H3. The molecule has 0 aliphatic heterocycles. The maximum absolute atomic E-state index is 5.98. The summed E-state index contributed by atoms with van der Waals surface area (Å²) < 4.78 is 0. The predicted molar refractivity (Wildman–Crippen MR) is 69.5 cm³/mol. The SMILES string of the molecule is CNC(c1cc(Cl)cc(Cl)c1)c1nccs1. The highest BCUT2D eigenvalue weighted by molar-refractivity contribution is 7.09. The Morgan fingerprint density at radius 3 is 2.44 bits per heavy atom. The van der Waals surface area contributed by atoms with Crippen molar-refractivity contribution >= 4 is 34.5 Å². The molecule has 1 aromatic carbocycles. The van der Waals surface area contributed by atoms with Crippen LogP contribution in [0.25, 0.3) is 0 Å². The Kier molecular flexibility index (Phi) is 3.82. The fourth-order valence-electron chi connectivity index (χ4n) is 1.55. The maximum atomic E-state index is 5.98. The zero-order valence-electron chi connectivity index (χ0n) is 8.58. The average molecular weight is 273 g/mol. The third-order valence-electron chi connectivity index (χ3n) is 2.21. The van der Waals surface area contributed by atoms with Crippen molar-refractivity contribution < 1.29 is 0 Å². The van der Waals surface area contributed by atoms with Gasteiger partial charge in [-0.25, -0.2) is 4.98 Å². The lowest BCUT2D eigenvalue weighted by molar-refractivity contribution is 0.686. The molecule has 0 aliphatic carbocycles. The van der Waals surface area contributed by atoms with Crippen LogP contribution in [0.4, 0.5) is 0 Å². The minimum Gasteiger partial charge on any atom is -0.307 e. The van der Waals surface area contributed by atoms with Crippen LogP contribution in [0, 0.1) is 0 Å². The van der Waals surface area contributed by atoms with E-state index in [9.17, 15) is 0 Å². The van der Waals surface area contributed by atoms with Crippen LogP contribution < -0.4 is 5.32 Å². The number of hydrogen-bond acceptors (Lipinski definition) is 3. The van der Waals surface area contributed by atoms with E-state index in [4.69, 9.17) is 23.2 Å². The lowest BCUT2D eigenvalue weighted by Crippen LogP contribution is -2.17. The molecule has 2 aromatic rings. The fraction of sp³-hybridized carbons (Fsp3) is 0.182. The van der Waals surface area contributed by atoms with Crippen LogP contribution in [-0.4, -0.2) is 12.0 Å². The molecular formula is C11H10Cl2N2S. The Bertz CT molecular complexity index is 451. The van der Waals surface area contributed by atoms with Gasteiger partial charge in [-0.2, -0.15) is 0 Å². The number of benzene rings is 1. The van der Waals surface area contributed by atoms with Gasteiger partial charge in [0.1, 0.15) is 5.01 Å². The van der Waals surface area contributed by atoms with E-state index >= 15 is 0 Å². The highest BCUT2D eigenvalue weighted by atomic mass is 35.5. The first-order valence-electron chi connectivity index (χ1n) is 4.73. The first-order chi connectivity index (χ1) is 7.70. The predicted octanol–water partition coefficient (Wildman–Crippen LogP) is 3.76. The van der Waals surface area contributed by atoms with E-state index < -0.39 is 0 Å². The number of rotatable bonds is 3. The van der Waals surface area contributed by atoms with E-state index in [1.54, 1.807) is 23.6 Å². The van der Waals surface area contributed by atoms with Crippen molar-refractivity contribution in [2.45, 2.75) is 6.04 Å². The molecular weight excluding hydrogens is 263 g/mol. The Morgan fingerprint density at radius 1 is 1.25 bits per heavy atom. The van der Waals surface area contributed by atoms with E-state index in [2.05, 4.69) is 10.3 Å². The summed E-state index contributed by atoms with van der Waals surface area (Å²) in [5, 5.41) is 7.43. The molecule has 2 nitrogen and oxygen atoms in total. The van der Waals surface area contributed by atoms with E-state index in [0.29, 0.717) is 10.0 Å². The Labute approximate surface area is 108 Å². The van der Waals surface area contributed by atoms with Gasteiger partial charge in [-0.3, -0.25) is 0 Å². The van der Waals surface area contributed by atoms with Crippen LogP contribution >= 0.6 is 34.5 Å². The summed E-state index contributed by atoms with van der Waals surface area (Å²) in [6, 6.07) is 5.56. The zero-order valence-corrected chi connectivity index (χ0v) is 10.9. The molecule has 84 valence electrons. The van der Waals surface area contributed by atoms with Crippen LogP contribution in [0.5, 0.6) is 0 Å². The molecule has 0 aliphatic rings. The van der Waals surface area contributed by atoms with Crippen molar-refractivity contribution in [2.75, 3.05) is 7.05 Å². The minimum atomic E-state index is 0.0381. The molecule has 0 amide bonds. The molecule has 1 atom stereocenters. The monoisotopic (exact) mass is 272 g/mol. The van der Waals surface area contributed by atoms with E-state index in [1.807, 2.05) is 24.6 Å². The summed E-state index contributed by atoms with van der Waals surface area (Å²) in [7, 11) is 1.89. The molecule has 0 radical (unpaired) electrons. The number of hydrogen-bond donors (Lipinski definition) is 1. The number of halogens is 2. The minimum absolute atomic E-state index is 0.0381. The van der Waals surface area contributed by atoms with E-state index in [1.165, 1.54) is 0 Å². The first kappa shape index (κ1) is 11.9. The van der Waals surface area contributed by atoms with Crippen molar-refractivity contribution in [3.63, 3.8) is 0 Å². The molecule has 0 saturated heterocycles. The second kappa shape index (κ2) is 5.15. The van der Waals surface area contributed by atoms with Crippen molar-refractivity contribution in [3.8, 4) is 0 Å². The molecule has 1 N–H and O–H groups in total. The highest BCUT2D eigenvalue weighted by Gasteiger charge is 2.15. The molecule has 0 bridgehead atoms. The summed E-state index contributed by atoms with van der Waals surface area (Å²) in [5.74, 6) is 0. The highest BCUT2D eigenvalue weighted by Crippen LogP contribution is 2.28. The summed E-state index contributed by atoms with van der Waals surface area (Å²) in [6.45, 7) is 0. The molecule has 0 saturated carbocycles. The Balaban J connectivity index is 2.41. The van der Waals surface area contributed by atoms with Crippen LogP contribution in [0.2, 0.25) is 10.0 Å². The van der Waals surface area contributed by atoms with E-state index in [-0.39, 0.29) is 6.04 Å². The second-order valence-corrected chi connectivity index (χ2v) is 5.09. The van der Waals surface area contributed by atoms with Gasteiger partial charge >= 0.3 is 0 Å². The van der Waals surface area contributed by atoms with Crippen LogP contribution in [-0.2, 0) is 0 Å². The summed E-state index contributed by atoms with van der Waals surface area (Å²) >= 11 is 13.6. The number of nitrogens with zero attached hydrogens (tertiary/aromatic N) is 1. The van der Waals surface area contributed by atoms with Gasteiger partial charge in [-0.1, -0.05) is 23.2 Å². The van der Waals surface area contributed by atoms with Gasteiger partial charge in [0, 0.05) is 21.6 Å². The molecule has 0 fully saturated rings. The van der Waals surface area contributed by atoms with Gasteiger partial charge in [-0.15, -0.1) is 11.3 Å². The van der Waals surface area contributed by atoms with Crippen LogP contribution in [0.15, 0.2) is 29.8 Å². The summed E-state index contributed by atoms with van der Waals surface area (Å²) in [6.07, 6.45) is 1.79. The fourth-order valence-corrected chi connectivity index (χ4v) is 2.87. The van der Waals surface area contributed by atoms with Gasteiger partial charge in [0.05, 0.1) is 6.04 Å². The zero-order chi connectivity index (χ0) is 11.5. The van der Waals surface area contributed by atoms with Crippen molar-refractivity contribution in [2.24, 2.45) is 0 Å². The normalized spacial score (nSPS) is 12.7. The second-order valence-electron chi connectivity index (χ2n) is 3.29. The molecule has 16 heavy (non-hydrogen) atoms. The first-order valence-corrected chi connectivity index (χ1v) is 6.37.